The molecule has 1 aliphatic heterocycles. The van der Waals surface area contributed by atoms with Crippen molar-refractivity contribution < 1.29 is 0 Å². The second kappa shape index (κ2) is 7.26. The standard InChI is InChI=1S/C23H29N5O/c1-15-18(16(2)28(26-15)17-9-7-6-8-10-17)13-27-12-11-20-19(14-27)21(29)25-22(24-20)23(3,4)5/h6-10H,11-14H2,1-5H3,(H,24,25,29). The van der Waals surface area contributed by atoms with Gasteiger partial charge in [-0.3, -0.25) is 9.69 Å². The molecule has 0 aliphatic carbocycles. The summed E-state index contributed by atoms with van der Waals surface area (Å²) in [5.74, 6) is 0.769. The molecule has 152 valence electrons. The Morgan fingerprint density at radius 3 is 2.55 bits per heavy atom. The summed E-state index contributed by atoms with van der Waals surface area (Å²) >= 11 is 0. The molecule has 1 N–H and O–H groups in total. The Morgan fingerprint density at radius 1 is 1.14 bits per heavy atom. The molecule has 0 amide bonds. The lowest BCUT2D eigenvalue weighted by atomic mass is 9.95. The van der Waals surface area contributed by atoms with Gasteiger partial charge in [-0.2, -0.15) is 5.10 Å². The van der Waals surface area contributed by atoms with Crippen LogP contribution >= 0.6 is 0 Å². The topological polar surface area (TPSA) is 66.8 Å². The summed E-state index contributed by atoms with van der Waals surface area (Å²) < 4.78 is 2.01. The molecule has 6 nitrogen and oxygen atoms in total. The van der Waals surface area contributed by atoms with Gasteiger partial charge in [0, 0.05) is 42.7 Å². The van der Waals surface area contributed by atoms with Gasteiger partial charge in [-0.1, -0.05) is 39.0 Å². The highest BCUT2D eigenvalue weighted by Crippen LogP contribution is 2.24. The third-order valence-electron chi connectivity index (χ3n) is 5.68. The van der Waals surface area contributed by atoms with E-state index in [-0.39, 0.29) is 11.0 Å². The van der Waals surface area contributed by atoms with Crippen LogP contribution in [-0.4, -0.2) is 31.2 Å². The minimum atomic E-state index is -0.161. The van der Waals surface area contributed by atoms with E-state index in [1.807, 2.05) is 22.9 Å². The number of aryl methyl sites for hydroxylation is 1. The molecule has 29 heavy (non-hydrogen) atoms. The van der Waals surface area contributed by atoms with E-state index in [0.29, 0.717) is 6.54 Å². The summed E-state index contributed by atoms with van der Waals surface area (Å²) in [6.45, 7) is 12.7. The highest BCUT2D eigenvalue weighted by atomic mass is 16.1. The minimum Gasteiger partial charge on any atom is -0.310 e. The van der Waals surface area contributed by atoms with Crippen LogP contribution < -0.4 is 5.56 Å². The fraction of sp³-hybridized carbons (Fsp3) is 0.435. The zero-order valence-corrected chi connectivity index (χ0v) is 17.9. The molecule has 0 bridgehead atoms. The Kier molecular flexibility index (Phi) is 4.90. The number of aromatic amines is 1. The third kappa shape index (κ3) is 3.77. The summed E-state index contributed by atoms with van der Waals surface area (Å²) in [5, 5.41) is 4.76. The van der Waals surface area contributed by atoms with Gasteiger partial charge in [-0.15, -0.1) is 0 Å². The molecule has 1 aliphatic rings. The summed E-state index contributed by atoms with van der Waals surface area (Å²) in [4.78, 5) is 22.8. The van der Waals surface area contributed by atoms with Gasteiger partial charge in [0.2, 0.25) is 0 Å². The molecule has 0 saturated carbocycles. The number of hydrogen-bond donors (Lipinski definition) is 1. The summed E-state index contributed by atoms with van der Waals surface area (Å²) in [7, 11) is 0. The van der Waals surface area contributed by atoms with E-state index in [4.69, 9.17) is 10.1 Å². The van der Waals surface area contributed by atoms with E-state index < -0.39 is 0 Å². The number of nitrogens with zero attached hydrogens (tertiary/aromatic N) is 4. The first-order chi connectivity index (χ1) is 13.7. The molecule has 3 aromatic rings. The first-order valence-corrected chi connectivity index (χ1v) is 10.2. The van der Waals surface area contributed by atoms with Crippen LogP contribution in [0.4, 0.5) is 0 Å². The maximum absolute atomic E-state index is 12.7. The molecule has 1 aromatic carbocycles. The van der Waals surface area contributed by atoms with Crippen LogP contribution in [0.2, 0.25) is 0 Å². The molecule has 4 rings (SSSR count). The normalized spacial score (nSPS) is 14.8. The molecule has 0 unspecified atom stereocenters. The van der Waals surface area contributed by atoms with Crippen LogP contribution in [0.25, 0.3) is 5.69 Å². The monoisotopic (exact) mass is 391 g/mol. The smallest absolute Gasteiger partial charge is 0.255 e. The molecular formula is C23H29N5O. The fourth-order valence-electron chi connectivity index (χ4n) is 3.92. The maximum Gasteiger partial charge on any atom is 0.255 e. The molecule has 0 atom stereocenters. The van der Waals surface area contributed by atoms with E-state index in [1.54, 1.807) is 0 Å². The Balaban J connectivity index is 1.59. The van der Waals surface area contributed by atoms with Gasteiger partial charge in [0.1, 0.15) is 5.82 Å². The SMILES string of the molecule is Cc1nn(-c2ccccc2)c(C)c1CN1CCc2nc(C(C)(C)C)[nH]c(=O)c2C1. The second-order valence-corrected chi connectivity index (χ2v) is 8.95. The van der Waals surface area contributed by atoms with E-state index in [1.165, 1.54) is 5.56 Å². The minimum absolute atomic E-state index is 0.00181. The molecule has 0 spiro atoms. The Bertz CT molecular complexity index is 1090. The molecule has 2 aromatic heterocycles. The second-order valence-electron chi connectivity index (χ2n) is 8.95. The quantitative estimate of drug-likeness (QED) is 0.743. The third-order valence-corrected chi connectivity index (χ3v) is 5.68. The maximum atomic E-state index is 12.7. The number of benzene rings is 1. The van der Waals surface area contributed by atoms with Gasteiger partial charge in [0.05, 0.1) is 22.6 Å². The van der Waals surface area contributed by atoms with Gasteiger partial charge in [0.25, 0.3) is 5.56 Å². The van der Waals surface area contributed by atoms with Crippen molar-refractivity contribution in [3.05, 3.63) is 74.7 Å². The number of para-hydroxylation sites is 1. The van der Waals surface area contributed by atoms with Crippen molar-refractivity contribution in [3.63, 3.8) is 0 Å². The van der Waals surface area contributed by atoms with Gasteiger partial charge in [0.15, 0.2) is 0 Å². The van der Waals surface area contributed by atoms with Crippen molar-refractivity contribution in [2.75, 3.05) is 6.54 Å². The Labute approximate surface area is 171 Å². The summed E-state index contributed by atoms with van der Waals surface area (Å²) in [5.41, 5.74) is 6.07. The van der Waals surface area contributed by atoms with Crippen LogP contribution in [0.3, 0.4) is 0 Å². The van der Waals surface area contributed by atoms with E-state index in [9.17, 15) is 4.79 Å². The van der Waals surface area contributed by atoms with Crippen molar-refractivity contribution in [2.45, 2.75) is 59.5 Å². The molecular weight excluding hydrogens is 362 g/mol. The van der Waals surface area contributed by atoms with Crippen LogP contribution in [-0.2, 0) is 24.9 Å². The number of nitrogens with one attached hydrogen (secondary N) is 1. The van der Waals surface area contributed by atoms with Crippen LogP contribution in [0.1, 0.15) is 54.8 Å². The van der Waals surface area contributed by atoms with Gasteiger partial charge < -0.3 is 4.98 Å². The average Bonchev–Trinajstić information content (AvgIpc) is 2.96. The summed E-state index contributed by atoms with van der Waals surface area (Å²) in [6.07, 6.45) is 0.799. The Morgan fingerprint density at radius 2 is 1.86 bits per heavy atom. The molecule has 3 heterocycles. The zero-order valence-electron chi connectivity index (χ0n) is 17.9. The largest absolute Gasteiger partial charge is 0.310 e. The van der Waals surface area contributed by atoms with Gasteiger partial charge in [-0.25, -0.2) is 9.67 Å². The lowest BCUT2D eigenvalue weighted by Crippen LogP contribution is -2.37. The summed E-state index contributed by atoms with van der Waals surface area (Å²) in [6, 6.07) is 10.2. The van der Waals surface area contributed by atoms with Crippen LogP contribution in [0.5, 0.6) is 0 Å². The van der Waals surface area contributed by atoms with Crippen LogP contribution in [0, 0.1) is 13.8 Å². The number of aromatic nitrogens is 4. The van der Waals surface area contributed by atoms with Crippen molar-refractivity contribution in [1.82, 2.24) is 24.6 Å². The molecule has 0 saturated heterocycles. The fourth-order valence-corrected chi connectivity index (χ4v) is 3.92. The van der Waals surface area contributed by atoms with Crippen molar-refractivity contribution in [3.8, 4) is 5.69 Å². The highest BCUT2D eigenvalue weighted by molar-refractivity contribution is 5.37. The van der Waals surface area contributed by atoms with Crippen molar-refractivity contribution in [1.29, 1.82) is 0 Å². The number of fused-ring (bicyclic) bond motifs is 1. The molecule has 0 fully saturated rings. The molecule has 0 radical (unpaired) electrons. The highest BCUT2D eigenvalue weighted by Gasteiger charge is 2.26. The Hall–Kier alpha value is -2.73. The predicted molar refractivity (Wildman–Crippen MR) is 114 cm³/mol. The van der Waals surface area contributed by atoms with Gasteiger partial charge in [-0.05, 0) is 26.0 Å². The first-order valence-electron chi connectivity index (χ1n) is 10.2. The lowest BCUT2D eigenvalue weighted by Gasteiger charge is -2.29. The number of rotatable bonds is 3. The van der Waals surface area contributed by atoms with E-state index in [0.717, 1.165) is 53.7 Å². The lowest BCUT2D eigenvalue weighted by molar-refractivity contribution is 0.240. The van der Waals surface area contributed by atoms with Crippen molar-refractivity contribution in [2.24, 2.45) is 0 Å². The predicted octanol–water partition coefficient (Wildman–Crippen LogP) is 3.43. The average molecular weight is 392 g/mol. The van der Waals surface area contributed by atoms with Crippen LogP contribution in [0.15, 0.2) is 35.1 Å². The van der Waals surface area contributed by atoms with Crippen molar-refractivity contribution >= 4 is 0 Å². The number of H-pyrrole nitrogens is 1. The molecule has 6 heteroatoms. The zero-order chi connectivity index (χ0) is 20.8. The van der Waals surface area contributed by atoms with E-state index in [2.05, 4.69) is 56.6 Å². The first kappa shape index (κ1) is 19.6. The number of hydrogen-bond acceptors (Lipinski definition) is 4. The van der Waals surface area contributed by atoms with Gasteiger partial charge >= 0.3 is 0 Å². The van der Waals surface area contributed by atoms with E-state index >= 15 is 0 Å².